The smallest absolute Gasteiger partial charge is 0.146 e. The Labute approximate surface area is 126 Å². The Morgan fingerprint density at radius 2 is 1.89 bits per heavy atom. The fraction of sp³-hybridized carbons (Fsp3) is 0.0769. The molecule has 0 unspecified atom stereocenters. The van der Waals surface area contributed by atoms with E-state index >= 15 is 0 Å². The summed E-state index contributed by atoms with van der Waals surface area (Å²) in [5.41, 5.74) is 4.26. The molecule has 2 aromatic rings. The molecule has 1 aromatic heterocycles. The number of aromatic nitrogens is 1. The van der Waals surface area contributed by atoms with Crippen LogP contribution in [0, 0.1) is 0 Å². The van der Waals surface area contributed by atoms with Gasteiger partial charge in [-0.15, -0.1) is 0 Å². The molecule has 0 radical (unpaired) electrons. The molecule has 1 N–H and O–H groups in total. The van der Waals surface area contributed by atoms with E-state index in [2.05, 4.69) is 15.5 Å². The van der Waals surface area contributed by atoms with Crippen LogP contribution >= 0.6 is 34.8 Å². The molecular formula is C13H10Cl3N3. The molecular weight excluding hydrogens is 305 g/mol. The SMILES string of the molecule is C/C(=N\Nc1ccccn1)c1ccc(Cl)c(Cl)c1Cl. The van der Waals surface area contributed by atoms with E-state index in [0.29, 0.717) is 26.6 Å². The third-order valence-corrected chi connectivity index (χ3v) is 3.72. The number of benzene rings is 1. The summed E-state index contributed by atoms with van der Waals surface area (Å²) in [5.74, 6) is 0.651. The van der Waals surface area contributed by atoms with Crippen molar-refractivity contribution in [2.75, 3.05) is 5.43 Å². The lowest BCUT2D eigenvalue weighted by atomic mass is 10.1. The Morgan fingerprint density at radius 1 is 1.11 bits per heavy atom. The van der Waals surface area contributed by atoms with Gasteiger partial charge in [0.1, 0.15) is 5.82 Å². The van der Waals surface area contributed by atoms with Crippen LogP contribution in [0.25, 0.3) is 0 Å². The van der Waals surface area contributed by atoms with Crippen molar-refractivity contribution in [1.82, 2.24) is 4.98 Å². The second-order valence-electron chi connectivity index (χ2n) is 3.75. The topological polar surface area (TPSA) is 37.3 Å². The molecule has 1 heterocycles. The summed E-state index contributed by atoms with van der Waals surface area (Å²) in [6, 6.07) is 8.97. The summed E-state index contributed by atoms with van der Waals surface area (Å²) < 4.78 is 0. The Morgan fingerprint density at radius 3 is 2.58 bits per heavy atom. The monoisotopic (exact) mass is 313 g/mol. The minimum atomic E-state index is 0.327. The third kappa shape index (κ3) is 3.38. The maximum absolute atomic E-state index is 6.13. The largest absolute Gasteiger partial charge is 0.261 e. The van der Waals surface area contributed by atoms with Gasteiger partial charge < -0.3 is 0 Å². The number of rotatable bonds is 3. The van der Waals surface area contributed by atoms with Gasteiger partial charge in [-0.1, -0.05) is 46.9 Å². The van der Waals surface area contributed by atoms with Crippen LogP contribution < -0.4 is 5.43 Å². The Kier molecular flexibility index (Phi) is 4.64. The predicted molar refractivity (Wildman–Crippen MR) is 81.5 cm³/mol. The molecule has 1 aromatic carbocycles. The minimum absolute atomic E-state index is 0.327. The lowest BCUT2D eigenvalue weighted by Gasteiger charge is -2.07. The Hall–Kier alpha value is -1.29. The average molecular weight is 315 g/mol. The van der Waals surface area contributed by atoms with Gasteiger partial charge in [-0.25, -0.2) is 4.98 Å². The third-order valence-electron chi connectivity index (χ3n) is 2.43. The Bertz CT molecular complexity index is 612. The fourth-order valence-corrected chi connectivity index (χ4v) is 2.11. The summed E-state index contributed by atoms with van der Waals surface area (Å²) in [5, 5.41) is 5.35. The molecule has 0 saturated carbocycles. The van der Waals surface area contributed by atoms with Crippen LogP contribution in [0.4, 0.5) is 5.82 Å². The summed E-state index contributed by atoms with van der Waals surface area (Å²) in [6.07, 6.45) is 1.68. The summed E-state index contributed by atoms with van der Waals surface area (Å²) in [6.45, 7) is 1.82. The first-order valence-corrected chi connectivity index (χ1v) is 6.58. The molecule has 2 rings (SSSR count). The zero-order valence-corrected chi connectivity index (χ0v) is 12.3. The maximum atomic E-state index is 6.13. The zero-order chi connectivity index (χ0) is 13.8. The molecule has 0 atom stereocenters. The summed E-state index contributed by atoms with van der Waals surface area (Å²) in [7, 11) is 0. The van der Waals surface area contributed by atoms with Crippen LogP contribution in [-0.2, 0) is 0 Å². The zero-order valence-electron chi connectivity index (χ0n) is 9.99. The van der Waals surface area contributed by atoms with Gasteiger partial charge in [-0.2, -0.15) is 5.10 Å². The highest BCUT2D eigenvalue weighted by Gasteiger charge is 2.10. The number of hydrazone groups is 1. The second kappa shape index (κ2) is 6.24. The van der Waals surface area contributed by atoms with Gasteiger partial charge >= 0.3 is 0 Å². The van der Waals surface area contributed by atoms with Gasteiger partial charge in [0.15, 0.2) is 0 Å². The number of anilines is 1. The van der Waals surface area contributed by atoms with E-state index in [0.717, 1.165) is 5.56 Å². The van der Waals surface area contributed by atoms with Crippen molar-refractivity contribution in [1.29, 1.82) is 0 Å². The lowest BCUT2D eigenvalue weighted by Crippen LogP contribution is -2.01. The average Bonchev–Trinajstić information content (AvgIpc) is 2.43. The predicted octanol–water partition coefficient (Wildman–Crippen LogP) is 4.88. The molecule has 0 spiro atoms. The quantitative estimate of drug-likeness (QED) is 0.498. The number of pyridine rings is 1. The normalized spacial score (nSPS) is 11.5. The van der Waals surface area contributed by atoms with Gasteiger partial charge in [0.2, 0.25) is 0 Å². The van der Waals surface area contributed by atoms with Crippen molar-refractivity contribution < 1.29 is 0 Å². The van der Waals surface area contributed by atoms with E-state index in [1.165, 1.54) is 0 Å². The number of nitrogens with one attached hydrogen (secondary N) is 1. The molecule has 98 valence electrons. The molecule has 6 heteroatoms. The molecule has 0 saturated heterocycles. The molecule has 0 fully saturated rings. The van der Waals surface area contributed by atoms with Gasteiger partial charge in [0.25, 0.3) is 0 Å². The van der Waals surface area contributed by atoms with Crippen molar-refractivity contribution in [2.24, 2.45) is 5.10 Å². The van der Waals surface area contributed by atoms with Crippen molar-refractivity contribution in [2.45, 2.75) is 6.92 Å². The van der Waals surface area contributed by atoms with E-state index in [4.69, 9.17) is 34.8 Å². The van der Waals surface area contributed by atoms with Gasteiger partial charge in [0.05, 0.1) is 20.8 Å². The second-order valence-corrected chi connectivity index (χ2v) is 4.91. The van der Waals surface area contributed by atoms with Crippen molar-refractivity contribution in [3.05, 3.63) is 57.2 Å². The van der Waals surface area contributed by atoms with Gasteiger partial charge in [-0.05, 0) is 25.1 Å². The number of hydrogen-bond donors (Lipinski definition) is 1. The number of nitrogens with zero attached hydrogens (tertiary/aromatic N) is 2. The molecule has 0 aliphatic heterocycles. The molecule has 0 amide bonds. The van der Waals surface area contributed by atoms with E-state index in [1.54, 1.807) is 18.3 Å². The van der Waals surface area contributed by atoms with Crippen LogP contribution in [0.2, 0.25) is 15.1 Å². The van der Waals surface area contributed by atoms with E-state index in [1.807, 2.05) is 25.1 Å². The minimum Gasteiger partial charge on any atom is -0.261 e. The first-order chi connectivity index (χ1) is 9.09. The van der Waals surface area contributed by atoms with E-state index in [-0.39, 0.29) is 0 Å². The van der Waals surface area contributed by atoms with Crippen LogP contribution in [0.1, 0.15) is 12.5 Å². The Balaban J connectivity index is 2.25. The van der Waals surface area contributed by atoms with Crippen LogP contribution in [0.15, 0.2) is 41.6 Å². The highest BCUT2D eigenvalue weighted by molar-refractivity contribution is 6.49. The highest BCUT2D eigenvalue weighted by Crippen LogP contribution is 2.32. The van der Waals surface area contributed by atoms with Crippen molar-refractivity contribution in [3.63, 3.8) is 0 Å². The summed E-state index contributed by atoms with van der Waals surface area (Å²) in [4.78, 5) is 4.10. The van der Waals surface area contributed by atoms with Crippen LogP contribution in [-0.4, -0.2) is 10.7 Å². The van der Waals surface area contributed by atoms with Crippen LogP contribution in [0.5, 0.6) is 0 Å². The first-order valence-electron chi connectivity index (χ1n) is 5.45. The van der Waals surface area contributed by atoms with E-state index < -0.39 is 0 Å². The van der Waals surface area contributed by atoms with Crippen molar-refractivity contribution in [3.8, 4) is 0 Å². The molecule has 0 bridgehead atoms. The van der Waals surface area contributed by atoms with Crippen LogP contribution in [0.3, 0.4) is 0 Å². The van der Waals surface area contributed by atoms with Gasteiger partial charge in [-0.3, -0.25) is 5.43 Å². The molecule has 0 aliphatic rings. The lowest BCUT2D eigenvalue weighted by molar-refractivity contribution is 1.22. The van der Waals surface area contributed by atoms with E-state index in [9.17, 15) is 0 Å². The molecule has 0 aliphatic carbocycles. The number of hydrogen-bond acceptors (Lipinski definition) is 3. The highest BCUT2D eigenvalue weighted by atomic mass is 35.5. The van der Waals surface area contributed by atoms with Gasteiger partial charge in [0, 0.05) is 11.8 Å². The fourth-order valence-electron chi connectivity index (χ4n) is 1.44. The number of halogens is 3. The summed E-state index contributed by atoms with van der Waals surface area (Å²) >= 11 is 18.0. The first kappa shape index (κ1) is 14.1. The van der Waals surface area contributed by atoms with Crippen molar-refractivity contribution >= 4 is 46.3 Å². The maximum Gasteiger partial charge on any atom is 0.146 e. The standard InChI is InChI=1S/C13H10Cl3N3/c1-8(18-19-11-4-2-3-7-17-11)9-5-6-10(14)13(16)12(9)15/h2-7H,1H3,(H,17,19)/b18-8+. The molecule has 19 heavy (non-hydrogen) atoms. The molecule has 3 nitrogen and oxygen atoms in total.